The van der Waals surface area contributed by atoms with Crippen molar-refractivity contribution < 1.29 is 4.92 Å². The summed E-state index contributed by atoms with van der Waals surface area (Å²) in [6.07, 6.45) is 0. The highest BCUT2D eigenvalue weighted by Crippen LogP contribution is 2.24. The zero-order valence-corrected chi connectivity index (χ0v) is 12.3. The maximum atomic E-state index is 10.6. The molecule has 0 radical (unpaired) electrons. The Balaban J connectivity index is 2.75. The van der Waals surface area contributed by atoms with Gasteiger partial charge < -0.3 is 10.6 Å². The van der Waals surface area contributed by atoms with Gasteiger partial charge in [0.1, 0.15) is 0 Å². The molecule has 0 fully saturated rings. The highest BCUT2D eigenvalue weighted by atomic mass is 35.5. The summed E-state index contributed by atoms with van der Waals surface area (Å²) in [4.78, 5) is 12.3. The van der Waals surface area contributed by atoms with Crippen molar-refractivity contribution in [2.24, 2.45) is 11.1 Å². The van der Waals surface area contributed by atoms with Crippen LogP contribution in [0.3, 0.4) is 0 Å². The van der Waals surface area contributed by atoms with Gasteiger partial charge in [-0.05, 0) is 30.6 Å². The second kappa shape index (κ2) is 6.32. The first kappa shape index (κ1) is 15.9. The molecule has 1 rings (SSSR count). The minimum Gasteiger partial charge on any atom is -0.330 e. The fourth-order valence-electron chi connectivity index (χ4n) is 1.92. The predicted octanol–water partition coefficient (Wildman–Crippen LogP) is 2.66. The molecule has 0 aliphatic carbocycles. The molecule has 0 aliphatic heterocycles. The maximum absolute atomic E-state index is 10.6. The van der Waals surface area contributed by atoms with E-state index in [1.54, 1.807) is 6.07 Å². The van der Waals surface area contributed by atoms with Crippen LogP contribution in [-0.2, 0) is 6.54 Å². The molecule has 6 heteroatoms. The molecule has 5 nitrogen and oxygen atoms in total. The van der Waals surface area contributed by atoms with E-state index < -0.39 is 4.92 Å². The maximum Gasteiger partial charge on any atom is 0.270 e. The van der Waals surface area contributed by atoms with Crippen LogP contribution in [0.25, 0.3) is 0 Å². The molecule has 0 bridgehead atoms. The Hall–Kier alpha value is -1.17. The van der Waals surface area contributed by atoms with Crippen molar-refractivity contribution in [2.45, 2.75) is 20.4 Å². The lowest BCUT2D eigenvalue weighted by Crippen LogP contribution is -2.36. The van der Waals surface area contributed by atoms with Crippen LogP contribution in [0, 0.1) is 15.5 Å². The highest BCUT2D eigenvalue weighted by molar-refractivity contribution is 6.31. The summed E-state index contributed by atoms with van der Waals surface area (Å²) in [5.74, 6) is 0. The molecule has 0 saturated heterocycles. The predicted molar refractivity (Wildman–Crippen MR) is 77.3 cm³/mol. The van der Waals surface area contributed by atoms with Gasteiger partial charge in [-0.3, -0.25) is 10.1 Å². The van der Waals surface area contributed by atoms with E-state index in [2.05, 4.69) is 18.7 Å². The van der Waals surface area contributed by atoms with Crippen molar-refractivity contribution in [3.63, 3.8) is 0 Å². The van der Waals surface area contributed by atoms with Gasteiger partial charge in [0.25, 0.3) is 5.69 Å². The van der Waals surface area contributed by atoms with Crippen molar-refractivity contribution in [2.75, 3.05) is 20.1 Å². The first-order chi connectivity index (χ1) is 8.75. The third-order valence-electron chi connectivity index (χ3n) is 2.94. The van der Waals surface area contributed by atoms with Gasteiger partial charge in [-0.15, -0.1) is 0 Å². The molecule has 0 saturated carbocycles. The molecule has 2 N–H and O–H groups in total. The van der Waals surface area contributed by atoms with E-state index in [9.17, 15) is 10.1 Å². The average Bonchev–Trinajstić information content (AvgIpc) is 2.30. The quantitative estimate of drug-likeness (QED) is 0.644. The number of halogens is 1. The Morgan fingerprint density at radius 3 is 2.58 bits per heavy atom. The van der Waals surface area contributed by atoms with Gasteiger partial charge in [0.05, 0.1) is 9.95 Å². The van der Waals surface area contributed by atoms with Crippen molar-refractivity contribution in [1.29, 1.82) is 0 Å². The summed E-state index contributed by atoms with van der Waals surface area (Å²) >= 11 is 6.07. The first-order valence-electron chi connectivity index (χ1n) is 6.06. The van der Waals surface area contributed by atoms with Gasteiger partial charge in [-0.2, -0.15) is 0 Å². The Bertz CT molecular complexity index is 463. The zero-order chi connectivity index (χ0) is 14.6. The SMILES string of the molecule is CN(Cc1ccc([N+](=O)[O-])cc1Cl)CC(C)(C)CN. The van der Waals surface area contributed by atoms with Crippen LogP contribution >= 0.6 is 11.6 Å². The minimum atomic E-state index is -0.448. The molecule has 19 heavy (non-hydrogen) atoms. The van der Waals surface area contributed by atoms with Crippen molar-refractivity contribution in [1.82, 2.24) is 4.90 Å². The summed E-state index contributed by atoms with van der Waals surface area (Å²) in [5, 5.41) is 11.1. The summed E-state index contributed by atoms with van der Waals surface area (Å²) in [7, 11) is 1.98. The van der Waals surface area contributed by atoms with E-state index >= 15 is 0 Å². The van der Waals surface area contributed by atoms with Crippen LogP contribution in [0.2, 0.25) is 5.02 Å². The van der Waals surface area contributed by atoms with Crippen LogP contribution in [0.1, 0.15) is 19.4 Å². The van der Waals surface area contributed by atoms with Crippen LogP contribution in [-0.4, -0.2) is 30.0 Å². The molecule has 0 spiro atoms. The molecule has 0 heterocycles. The number of rotatable bonds is 6. The molecule has 0 atom stereocenters. The number of benzene rings is 1. The van der Waals surface area contributed by atoms with E-state index in [-0.39, 0.29) is 11.1 Å². The molecular weight excluding hydrogens is 266 g/mol. The van der Waals surface area contributed by atoms with Crippen LogP contribution in [0.5, 0.6) is 0 Å². The monoisotopic (exact) mass is 285 g/mol. The third-order valence-corrected chi connectivity index (χ3v) is 3.29. The molecule has 0 aromatic heterocycles. The second-order valence-electron chi connectivity index (χ2n) is 5.57. The molecule has 106 valence electrons. The highest BCUT2D eigenvalue weighted by Gasteiger charge is 2.19. The fourth-order valence-corrected chi connectivity index (χ4v) is 2.15. The number of nitro groups is 1. The van der Waals surface area contributed by atoms with Crippen LogP contribution < -0.4 is 5.73 Å². The lowest BCUT2D eigenvalue weighted by molar-refractivity contribution is -0.384. The topological polar surface area (TPSA) is 72.4 Å². The van der Waals surface area contributed by atoms with Gasteiger partial charge in [-0.1, -0.05) is 25.4 Å². The van der Waals surface area contributed by atoms with Gasteiger partial charge in [0.2, 0.25) is 0 Å². The smallest absolute Gasteiger partial charge is 0.270 e. The Kier molecular flexibility index (Phi) is 5.29. The van der Waals surface area contributed by atoms with E-state index in [1.807, 2.05) is 7.05 Å². The second-order valence-corrected chi connectivity index (χ2v) is 5.98. The van der Waals surface area contributed by atoms with Gasteiger partial charge in [0, 0.05) is 25.2 Å². The standard InChI is InChI=1S/C13H20ClN3O2/c1-13(2,8-15)9-16(3)7-10-4-5-11(17(18)19)6-12(10)14/h4-6H,7-9,15H2,1-3H3. The number of hydrogen-bond donors (Lipinski definition) is 1. The van der Waals surface area contributed by atoms with Gasteiger partial charge in [-0.25, -0.2) is 0 Å². The summed E-state index contributed by atoms with van der Waals surface area (Å²) in [5.41, 5.74) is 6.62. The van der Waals surface area contributed by atoms with Gasteiger partial charge in [0.15, 0.2) is 0 Å². The Morgan fingerprint density at radius 2 is 2.11 bits per heavy atom. The molecular formula is C13H20ClN3O2. The molecule has 1 aromatic carbocycles. The number of nitrogens with zero attached hydrogens (tertiary/aromatic N) is 2. The van der Waals surface area contributed by atoms with Crippen LogP contribution in [0.15, 0.2) is 18.2 Å². The molecule has 1 aromatic rings. The zero-order valence-electron chi connectivity index (χ0n) is 11.5. The largest absolute Gasteiger partial charge is 0.330 e. The van der Waals surface area contributed by atoms with E-state index in [0.717, 1.165) is 12.1 Å². The van der Waals surface area contributed by atoms with Crippen molar-refractivity contribution >= 4 is 17.3 Å². The van der Waals surface area contributed by atoms with Crippen molar-refractivity contribution in [3.05, 3.63) is 38.9 Å². The van der Waals surface area contributed by atoms with E-state index in [0.29, 0.717) is 18.1 Å². The lowest BCUT2D eigenvalue weighted by Gasteiger charge is -2.29. The van der Waals surface area contributed by atoms with Gasteiger partial charge >= 0.3 is 0 Å². The number of hydrogen-bond acceptors (Lipinski definition) is 4. The Morgan fingerprint density at radius 1 is 1.47 bits per heavy atom. The Labute approximate surface area is 118 Å². The lowest BCUT2D eigenvalue weighted by atomic mass is 9.93. The molecule has 0 amide bonds. The normalized spacial score (nSPS) is 11.9. The van der Waals surface area contributed by atoms with E-state index in [1.165, 1.54) is 12.1 Å². The van der Waals surface area contributed by atoms with Crippen LogP contribution in [0.4, 0.5) is 5.69 Å². The van der Waals surface area contributed by atoms with Crippen molar-refractivity contribution in [3.8, 4) is 0 Å². The fraction of sp³-hybridized carbons (Fsp3) is 0.538. The minimum absolute atomic E-state index is 0.0127. The van der Waals surface area contributed by atoms with E-state index in [4.69, 9.17) is 17.3 Å². The number of non-ortho nitro benzene ring substituents is 1. The number of nitro benzene ring substituents is 1. The number of nitrogens with two attached hydrogens (primary N) is 1. The first-order valence-corrected chi connectivity index (χ1v) is 6.44. The summed E-state index contributed by atoms with van der Waals surface area (Å²) < 4.78 is 0. The molecule has 0 unspecified atom stereocenters. The average molecular weight is 286 g/mol. The summed E-state index contributed by atoms with van der Waals surface area (Å²) in [6, 6.07) is 4.56. The summed E-state index contributed by atoms with van der Waals surface area (Å²) in [6.45, 7) is 6.27. The third kappa shape index (κ3) is 4.78. The molecule has 0 aliphatic rings.